The molecule has 2 saturated heterocycles. The third kappa shape index (κ3) is 3.69. The molecule has 2 atom stereocenters. The zero-order valence-corrected chi connectivity index (χ0v) is 11.8. The van der Waals surface area contributed by atoms with Gasteiger partial charge in [0.05, 0.1) is 0 Å². The highest BCUT2D eigenvalue weighted by molar-refractivity contribution is 5.87. The lowest BCUT2D eigenvalue weighted by molar-refractivity contribution is -0.142. The first-order valence-corrected chi connectivity index (χ1v) is 7.44. The van der Waals surface area contributed by atoms with E-state index in [-0.39, 0.29) is 17.9 Å². The maximum Gasteiger partial charge on any atom is 0.242 e. The summed E-state index contributed by atoms with van der Waals surface area (Å²) in [5.74, 6) is 0.767. The molecule has 0 aromatic rings. The van der Waals surface area contributed by atoms with Crippen molar-refractivity contribution in [2.75, 3.05) is 26.7 Å². The molecular formula is C14H25N3O2. The Bertz CT molecular complexity index is 327. The standard InChI is InChI=1S/C14H25N3O2/c1-15-14(19)12-4-2-3-9-17(12)13(18)6-5-11-7-8-16-10-11/h11-12,16H,2-10H2,1H3,(H,15,19). The van der Waals surface area contributed by atoms with Gasteiger partial charge in [0.1, 0.15) is 6.04 Å². The van der Waals surface area contributed by atoms with Gasteiger partial charge in [-0.05, 0) is 51.1 Å². The molecule has 2 aliphatic rings. The Labute approximate surface area is 115 Å². The number of amides is 2. The predicted octanol–water partition coefficient (Wildman–Crippen LogP) is 0.503. The summed E-state index contributed by atoms with van der Waals surface area (Å²) in [6.07, 6.45) is 5.56. The number of carbonyl (C=O) groups is 2. The van der Waals surface area contributed by atoms with E-state index in [2.05, 4.69) is 10.6 Å². The van der Waals surface area contributed by atoms with E-state index < -0.39 is 0 Å². The number of nitrogens with one attached hydrogen (secondary N) is 2. The normalized spacial score (nSPS) is 27.3. The number of carbonyl (C=O) groups excluding carboxylic acids is 2. The van der Waals surface area contributed by atoms with Gasteiger partial charge in [-0.3, -0.25) is 9.59 Å². The molecule has 0 saturated carbocycles. The number of nitrogens with zero attached hydrogens (tertiary/aromatic N) is 1. The van der Waals surface area contributed by atoms with Gasteiger partial charge in [0.15, 0.2) is 0 Å². The molecule has 0 bridgehead atoms. The van der Waals surface area contributed by atoms with E-state index in [1.54, 1.807) is 11.9 Å². The smallest absolute Gasteiger partial charge is 0.242 e. The SMILES string of the molecule is CNC(=O)C1CCCCN1C(=O)CCC1CCNC1. The van der Waals surface area contributed by atoms with Gasteiger partial charge in [0.25, 0.3) is 0 Å². The van der Waals surface area contributed by atoms with Crippen LogP contribution in [0.2, 0.25) is 0 Å². The summed E-state index contributed by atoms with van der Waals surface area (Å²) in [5, 5.41) is 6.00. The minimum Gasteiger partial charge on any atom is -0.357 e. The van der Waals surface area contributed by atoms with E-state index in [1.807, 2.05) is 0 Å². The van der Waals surface area contributed by atoms with Crippen LogP contribution in [0, 0.1) is 5.92 Å². The molecule has 2 fully saturated rings. The lowest BCUT2D eigenvalue weighted by atomic mass is 9.98. The molecule has 0 aromatic carbocycles. The Morgan fingerprint density at radius 3 is 2.84 bits per heavy atom. The Balaban J connectivity index is 1.85. The van der Waals surface area contributed by atoms with Gasteiger partial charge in [-0.2, -0.15) is 0 Å². The molecule has 0 spiro atoms. The minimum atomic E-state index is -0.243. The molecule has 2 aliphatic heterocycles. The fourth-order valence-corrected chi connectivity index (χ4v) is 3.10. The lowest BCUT2D eigenvalue weighted by Gasteiger charge is -2.34. The summed E-state index contributed by atoms with van der Waals surface area (Å²) in [7, 11) is 1.64. The third-order valence-electron chi connectivity index (χ3n) is 4.30. The van der Waals surface area contributed by atoms with E-state index in [4.69, 9.17) is 0 Å². The first kappa shape index (κ1) is 14.3. The van der Waals surface area contributed by atoms with Crippen molar-refractivity contribution in [1.82, 2.24) is 15.5 Å². The van der Waals surface area contributed by atoms with Gasteiger partial charge in [0.2, 0.25) is 11.8 Å². The van der Waals surface area contributed by atoms with Gasteiger partial charge >= 0.3 is 0 Å². The number of likely N-dealkylation sites (N-methyl/N-ethyl adjacent to an activating group) is 1. The van der Waals surface area contributed by atoms with Crippen molar-refractivity contribution in [2.24, 2.45) is 5.92 Å². The van der Waals surface area contributed by atoms with Crippen LogP contribution in [0.1, 0.15) is 38.5 Å². The maximum absolute atomic E-state index is 12.3. The molecule has 2 N–H and O–H groups in total. The summed E-state index contributed by atoms with van der Waals surface area (Å²) in [4.78, 5) is 25.9. The van der Waals surface area contributed by atoms with Crippen molar-refractivity contribution in [3.05, 3.63) is 0 Å². The number of hydrogen-bond donors (Lipinski definition) is 2. The molecule has 19 heavy (non-hydrogen) atoms. The van der Waals surface area contributed by atoms with Gasteiger partial charge < -0.3 is 15.5 Å². The van der Waals surface area contributed by atoms with Crippen molar-refractivity contribution in [1.29, 1.82) is 0 Å². The van der Waals surface area contributed by atoms with Crippen LogP contribution in [0.25, 0.3) is 0 Å². The maximum atomic E-state index is 12.3. The highest BCUT2D eigenvalue weighted by Crippen LogP contribution is 2.21. The molecule has 2 rings (SSSR count). The quantitative estimate of drug-likeness (QED) is 0.780. The summed E-state index contributed by atoms with van der Waals surface area (Å²) >= 11 is 0. The van der Waals surface area contributed by atoms with Gasteiger partial charge in [0, 0.05) is 20.0 Å². The zero-order chi connectivity index (χ0) is 13.7. The molecule has 0 aliphatic carbocycles. The van der Waals surface area contributed by atoms with Crippen LogP contribution in [0.15, 0.2) is 0 Å². The molecule has 5 heteroatoms. The Kier molecular flexibility index (Phi) is 5.19. The predicted molar refractivity (Wildman–Crippen MR) is 73.6 cm³/mol. The fraction of sp³-hybridized carbons (Fsp3) is 0.857. The molecule has 5 nitrogen and oxygen atoms in total. The Morgan fingerprint density at radius 2 is 2.16 bits per heavy atom. The Hall–Kier alpha value is -1.10. The van der Waals surface area contributed by atoms with Crippen LogP contribution < -0.4 is 10.6 Å². The number of hydrogen-bond acceptors (Lipinski definition) is 3. The van der Waals surface area contributed by atoms with E-state index in [1.165, 1.54) is 6.42 Å². The van der Waals surface area contributed by atoms with Gasteiger partial charge in [-0.25, -0.2) is 0 Å². The Morgan fingerprint density at radius 1 is 1.32 bits per heavy atom. The average molecular weight is 267 g/mol. The third-order valence-corrected chi connectivity index (χ3v) is 4.30. The second-order valence-electron chi connectivity index (χ2n) is 5.61. The second-order valence-corrected chi connectivity index (χ2v) is 5.61. The monoisotopic (exact) mass is 267 g/mol. The summed E-state index contributed by atoms with van der Waals surface area (Å²) in [6.45, 7) is 2.84. The molecule has 0 radical (unpaired) electrons. The van der Waals surface area contributed by atoms with Crippen molar-refractivity contribution in [3.63, 3.8) is 0 Å². The summed E-state index contributed by atoms with van der Waals surface area (Å²) < 4.78 is 0. The molecular weight excluding hydrogens is 242 g/mol. The van der Waals surface area contributed by atoms with Crippen LogP contribution >= 0.6 is 0 Å². The van der Waals surface area contributed by atoms with Crippen LogP contribution in [0.4, 0.5) is 0 Å². The number of piperidine rings is 1. The van der Waals surface area contributed by atoms with Crippen LogP contribution in [0.3, 0.4) is 0 Å². The van der Waals surface area contributed by atoms with Crippen LogP contribution in [0.5, 0.6) is 0 Å². The van der Waals surface area contributed by atoms with E-state index in [0.717, 1.165) is 45.3 Å². The number of likely N-dealkylation sites (tertiary alicyclic amines) is 1. The largest absolute Gasteiger partial charge is 0.357 e. The summed E-state index contributed by atoms with van der Waals surface area (Å²) in [5.41, 5.74) is 0. The fourth-order valence-electron chi connectivity index (χ4n) is 3.10. The first-order valence-electron chi connectivity index (χ1n) is 7.44. The summed E-state index contributed by atoms with van der Waals surface area (Å²) in [6, 6.07) is -0.243. The van der Waals surface area contributed by atoms with Gasteiger partial charge in [-0.15, -0.1) is 0 Å². The van der Waals surface area contributed by atoms with E-state index >= 15 is 0 Å². The molecule has 2 unspecified atom stereocenters. The van der Waals surface area contributed by atoms with E-state index in [0.29, 0.717) is 12.3 Å². The van der Waals surface area contributed by atoms with E-state index in [9.17, 15) is 9.59 Å². The second kappa shape index (κ2) is 6.89. The van der Waals surface area contributed by atoms with Gasteiger partial charge in [-0.1, -0.05) is 0 Å². The molecule has 2 heterocycles. The number of rotatable bonds is 4. The van der Waals surface area contributed by atoms with Crippen LogP contribution in [-0.4, -0.2) is 49.4 Å². The van der Waals surface area contributed by atoms with Crippen molar-refractivity contribution in [3.8, 4) is 0 Å². The van der Waals surface area contributed by atoms with Crippen LogP contribution in [-0.2, 0) is 9.59 Å². The molecule has 0 aromatic heterocycles. The zero-order valence-electron chi connectivity index (χ0n) is 11.8. The topological polar surface area (TPSA) is 61.4 Å². The van der Waals surface area contributed by atoms with Crippen molar-refractivity contribution < 1.29 is 9.59 Å². The lowest BCUT2D eigenvalue weighted by Crippen LogP contribution is -2.51. The minimum absolute atomic E-state index is 0.0180. The first-order chi connectivity index (χ1) is 9.22. The molecule has 108 valence electrons. The highest BCUT2D eigenvalue weighted by Gasteiger charge is 2.31. The van der Waals surface area contributed by atoms with Crippen molar-refractivity contribution >= 4 is 11.8 Å². The van der Waals surface area contributed by atoms with Crippen molar-refractivity contribution in [2.45, 2.75) is 44.6 Å². The molecule has 2 amide bonds. The highest BCUT2D eigenvalue weighted by atomic mass is 16.2. The average Bonchev–Trinajstić information content (AvgIpc) is 2.97.